The van der Waals surface area contributed by atoms with Crippen LogP contribution in [-0.2, 0) is 14.3 Å². The highest BCUT2D eigenvalue weighted by atomic mass is 16.5. The summed E-state index contributed by atoms with van der Waals surface area (Å²) < 4.78 is 4.95. The molecule has 1 aliphatic rings. The van der Waals surface area contributed by atoms with Gasteiger partial charge in [-0.2, -0.15) is 0 Å². The van der Waals surface area contributed by atoms with Crippen molar-refractivity contribution in [2.75, 3.05) is 13.2 Å². The van der Waals surface area contributed by atoms with E-state index < -0.39 is 5.97 Å². The largest absolute Gasteiger partial charge is 0.454 e. The molecule has 1 saturated carbocycles. The van der Waals surface area contributed by atoms with Gasteiger partial charge in [0.25, 0.3) is 11.8 Å². The molecular formula is C20H28N2O4. The van der Waals surface area contributed by atoms with E-state index in [4.69, 9.17) is 4.74 Å². The number of benzene rings is 1. The maximum absolute atomic E-state index is 12.0. The molecule has 6 nitrogen and oxygen atoms in total. The van der Waals surface area contributed by atoms with E-state index in [2.05, 4.69) is 24.5 Å². The van der Waals surface area contributed by atoms with Gasteiger partial charge in [-0.3, -0.25) is 14.4 Å². The van der Waals surface area contributed by atoms with Crippen molar-refractivity contribution in [3.63, 3.8) is 0 Å². The molecule has 2 N–H and O–H groups in total. The van der Waals surface area contributed by atoms with Gasteiger partial charge in [0.05, 0.1) is 0 Å². The maximum atomic E-state index is 12.0. The Bertz CT molecular complexity index is 642. The molecule has 1 aromatic carbocycles. The van der Waals surface area contributed by atoms with Gasteiger partial charge in [-0.15, -0.1) is 0 Å². The van der Waals surface area contributed by atoms with Gasteiger partial charge in [0.1, 0.15) is 6.54 Å². The molecular weight excluding hydrogens is 332 g/mol. The van der Waals surface area contributed by atoms with E-state index in [1.807, 2.05) is 19.1 Å². The first-order chi connectivity index (χ1) is 12.4. The van der Waals surface area contributed by atoms with Gasteiger partial charge in [0.2, 0.25) is 0 Å². The fourth-order valence-electron chi connectivity index (χ4n) is 3.19. The van der Waals surface area contributed by atoms with Gasteiger partial charge >= 0.3 is 5.97 Å². The summed E-state index contributed by atoms with van der Waals surface area (Å²) in [6.45, 7) is 5.67. The summed E-state index contributed by atoms with van der Waals surface area (Å²) in [6.07, 6.45) is 3.24. The second kappa shape index (κ2) is 9.36. The Hall–Kier alpha value is -2.37. The van der Waals surface area contributed by atoms with E-state index >= 15 is 0 Å². The topological polar surface area (TPSA) is 84.5 Å². The molecule has 1 fully saturated rings. The molecule has 0 spiro atoms. The summed E-state index contributed by atoms with van der Waals surface area (Å²) in [5.41, 5.74) is 1.52. The highest BCUT2D eigenvalue weighted by molar-refractivity contribution is 5.96. The second-order valence-corrected chi connectivity index (χ2v) is 7.15. The lowest BCUT2D eigenvalue weighted by Crippen LogP contribution is -2.45. The van der Waals surface area contributed by atoms with Crippen LogP contribution in [0.4, 0.5) is 0 Å². The summed E-state index contributed by atoms with van der Waals surface area (Å²) in [6, 6.07) is 7.16. The van der Waals surface area contributed by atoms with Crippen LogP contribution < -0.4 is 10.6 Å². The third kappa shape index (κ3) is 5.86. The minimum Gasteiger partial charge on any atom is -0.454 e. The fourth-order valence-corrected chi connectivity index (χ4v) is 3.19. The van der Waals surface area contributed by atoms with Crippen molar-refractivity contribution in [2.24, 2.45) is 11.8 Å². The van der Waals surface area contributed by atoms with E-state index in [0.29, 0.717) is 17.4 Å². The van der Waals surface area contributed by atoms with Crippen LogP contribution in [0.2, 0.25) is 0 Å². The number of rotatable bonds is 6. The first-order valence-corrected chi connectivity index (χ1v) is 9.16. The molecule has 0 bridgehead atoms. The zero-order chi connectivity index (χ0) is 19.1. The Kier molecular flexibility index (Phi) is 7.18. The number of amides is 2. The molecule has 2 amide bonds. The number of hydrogen-bond donors (Lipinski definition) is 2. The lowest BCUT2D eigenvalue weighted by atomic mass is 9.78. The van der Waals surface area contributed by atoms with Gasteiger partial charge in [-0.1, -0.05) is 44.4 Å². The molecule has 2 rings (SSSR count). The van der Waals surface area contributed by atoms with Gasteiger partial charge in [-0.25, -0.2) is 0 Å². The number of carbonyl (C=O) groups is 3. The molecule has 1 aliphatic carbocycles. The van der Waals surface area contributed by atoms with Crippen LogP contribution in [0.1, 0.15) is 49.0 Å². The fraction of sp³-hybridized carbons (Fsp3) is 0.550. The van der Waals surface area contributed by atoms with Crippen LogP contribution >= 0.6 is 0 Å². The summed E-state index contributed by atoms with van der Waals surface area (Å²) in [5, 5.41) is 5.44. The summed E-state index contributed by atoms with van der Waals surface area (Å²) in [4.78, 5) is 35.6. The molecule has 0 aliphatic heterocycles. The first-order valence-electron chi connectivity index (χ1n) is 9.16. The molecule has 0 aromatic heterocycles. The zero-order valence-electron chi connectivity index (χ0n) is 15.7. The number of hydrogen-bond acceptors (Lipinski definition) is 4. The van der Waals surface area contributed by atoms with Crippen LogP contribution in [-0.4, -0.2) is 37.0 Å². The number of esters is 1. The van der Waals surface area contributed by atoms with Crippen LogP contribution in [0.5, 0.6) is 0 Å². The molecule has 0 saturated heterocycles. The molecule has 0 heterocycles. The molecule has 1 aromatic rings. The van der Waals surface area contributed by atoms with Gasteiger partial charge in [0.15, 0.2) is 6.61 Å². The number of aryl methyl sites for hydroxylation is 1. The lowest BCUT2D eigenvalue weighted by molar-refractivity contribution is -0.147. The van der Waals surface area contributed by atoms with Gasteiger partial charge < -0.3 is 15.4 Å². The predicted octanol–water partition coefficient (Wildman–Crippen LogP) is 2.21. The molecule has 3 atom stereocenters. The van der Waals surface area contributed by atoms with Crippen molar-refractivity contribution in [3.05, 3.63) is 35.4 Å². The average Bonchev–Trinajstić information content (AvgIpc) is 2.62. The quantitative estimate of drug-likeness (QED) is 0.762. The number of carbonyl (C=O) groups excluding carboxylic acids is 3. The third-order valence-corrected chi connectivity index (χ3v) is 5.12. The maximum Gasteiger partial charge on any atom is 0.325 e. The van der Waals surface area contributed by atoms with Crippen molar-refractivity contribution < 1.29 is 19.1 Å². The molecule has 0 unspecified atom stereocenters. The predicted molar refractivity (Wildman–Crippen MR) is 98.6 cm³/mol. The molecule has 26 heavy (non-hydrogen) atoms. The number of ether oxygens (including phenoxy) is 1. The highest BCUT2D eigenvalue weighted by Gasteiger charge is 2.28. The monoisotopic (exact) mass is 360 g/mol. The summed E-state index contributed by atoms with van der Waals surface area (Å²) >= 11 is 0. The second-order valence-electron chi connectivity index (χ2n) is 7.15. The Morgan fingerprint density at radius 1 is 1.12 bits per heavy atom. The average molecular weight is 360 g/mol. The smallest absolute Gasteiger partial charge is 0.325 e. The Labute approximate surface area is 154 Å². The highest BCUT2D eigenvalue weighted by Crippen LogP contribution is 2.29. The SMILES string of the molecule is Cc1ccc(C(=O)NCC(=O)OCC(=O)N[C@@H]2CCC[C@H](C)[C@H]2C)cc1. The zero-order valence-corrected chi connectivity index (χ0v) is 15.7. The van der Waals surface area contributed by atoms with Gasteiger partial charge in [-0.05, 0) is 37.3 Å². The van der Waals surface area contributed by atoms with Gasteiger partial charge in [0, 0.05) is 11.6 Å². The molecule has 6 heteroatoms. The van der Waals surface area contributed by atoms with E-state index in [0.717, 1.165) is 18.4 Å². The van der Waals surface area contributed by atoms with Crippen molar-refractivity contribution in [3.8, 4) is 0 Å². The third-order valence-electron chi connectivity index (χ3n) is 5.12. The minimum atomic E-state index is -0.634. The van der Waals surface area contributed by atoms with Crippen LogP contribution in [0.3, 0.4) is 0 Å². The van der Waals surface area contributed by atoms with Crippen molar-refractivity contribution in [1.82, 2.24) is 10.6 Å². The van der Waals surface area contributed by atoms with Crippen LogP contribution in [0, 0.1) is 18.8 Å². The van der Waals surface area contributed by atoms with E-state index in [1.165, 1.54) is 6.42 Å². The molecule has 142 valence electrons. The van der Waals surface area contributed by atoms with Crippen LogP contribution in [0.25, 0.3) is 0 Å². The number of nitrogens with one attached hydrogen (secondary N) is 2. The Morgan fingerprint density at radius 3 is 2.50 bits per heavy atom. The standard InChI is InChI=1S/C20H28N2O4/c1-13-7-9-16(10-8-13)20(25)21-11-19(24)26-12-18(23)22-17-6-4-5-14(2)15(17)3/h7-10,14-15,17H,4-6,11-12H2,1-3H3,(H,21,25)(H,22,23)/t14-,15+,17+/m0/s1. The van der Waals surface area contributed by atoms with E-state index in [9.17, 15) is 14.4 Å². The Balaban J connectivity index is 1.68. The molecule has 0 radical (unpaired) electrons. The summed E-state index contributed by atoms with van der Waals surface area (Å²) in [5.74, 6) is -0.290. The van der Waals surface area contributed by atoms with Crippen molar-refractivity contribution >= 4 is 17.8 Å². The van der Waals surface area contributed by atoms with Crippen molar-refractivity contribution in [1.29, 1.82) is 0 Å². The van der Waals surface area contributed by atoms with Crippen molar-refractivity contribution in [2.45, 2.75) is 46.1 Å². The normalized spacial score (nSPS) is 22.3. The van der Waals surface area contributed by atoms with E-state index in [-0.39, 0.29) is 31.0 Å². The van der Waals surface area contributed by atoms with Crippen LogP contribution in [0.15, 0.2) is 24.3 Å². The first kappa shape index (κ1) is 19.9. The Morgan fingerprint density at radius 2 is 1.81 bits per heavy atom. The minimum absolute atomic E-state index is 0.131. The van der Waals surface area contributed by atoms with E-state index in [1.54, 1.807) is 12.1 Å². The summed E-state index contributed by atoms with van der Waals surface area (Å²) in [7, 11) is 0. The lowest BCUT2D eigenvalue weighted by Gasteiger charge is -2.34.